The molecule has 0 radical (unpaired) electrons. The van der Waals surface area contributed by atoms with Crippen LogP contribution in [0.2, 0.25) is 0 Å². The van der Waals surface area contributed by atoms with Gasteiger partial charge in [-0.3, -0.25) is 4.79 Å². The Balaban J connectivity index is 2.64. The molecule has 6 heteroatoms. The van der Waals surface area contributed by atoms with E-state index in [9.17, 15) is 9.59 Å². The molecule has 0 aromatic carbocycles. The monoisotopic (exact) mass is 240 g/mol. The second-order valence-corrected chi connectivity index (χ2v) is 3.65. The third-order valence-corrected chi connectivity index (χ3v) is 2.39. The minimum Gasteiger partial charge on any atom is -0.480 e. The molecule has 6 nitrogen and oxygen atoms in total. The summed E-state index contributed by atoms with van der Waals surface area (Å²) in [6.07, 6.45) is 1.96. The lowest BCUT2D eigenvalue weighted by Gasteiger charge is -2.14. The lowest BCUT2D eigenvalue weighted by atomic mass is 10.2. The average Bonchev–Trinajstić information content (AvgIpc) is 2.70. The molecule has 0 spiro atoms. The Morgan fingerprint density at radius 2 is 2.29 bits per heavy atom. The van der Waals surface area contributed by atoms with Gasteiger partial charge in [0, 0.05) is 33.4 Å². The van der Waals surface area contributed by atoms with Crippen LogP contribution in [0.5, 0.6) is 0 Å². The molecule has 0 bridgehead atoms. The first-order valence-electron chi connectivity index (χ1n) is 5.20. The smallest absolute Gasteiger partial charge is 0.326 e. The van der Waals surface area contributed by atoms with Crippen LogP contribution in [0.15, 0.2) is 18.3 Å². The first-order chi connectivity index (χ1) is 8.06. The molecular weight excluding hydrogens is 224 g/mol. The number of aliphatic carboxylic acids is 1. The van der Waals surface area contributed by atoms with Crippen molar-refractivity contribution in [1.29, 1.82) is 0 Å². The zero-order valence-electron chi connectivity index (χ0n) is 9.84. The number of aryl methyl sites for hydroxylation is 1. The van der Waals surface area contributed by atoms with Crippen LogP contribution in [-0.4, -0.2) is 41.3 Å². The summed E-state index contributed by atoms with van der Waals surface area (Å²) in [6.45, 7) is 0.282. The lowest BCUT2D eigenvalue weighted by molar-refractivity contribution is -0.139. The number of rotatable bonds is 6. The predicted octanol–water partition coefficient (Wildman–Crippen LogP) is 0.245. The van der Waals surface area contributed by atoms with Crippen LogP contribution in [-0.2, 0) is 16.6 Å². The number of carboxylic acid groups (broad SMARTS) is 1. The van der Waals surface area contributed by atoms with Gasteiger partial charge in [-0.1, -0.05) is 0 Å². The highest BCUT2D eigenvalue weighted by molar-refractivity contribution is 5.95. The van der Waals surface area contributed by atoms with Gasteiger partial charge in [-0.25, -0.2) is 4.79 Å². The van der Waals surface area contributed by atoms with Gasteiger partial charge in [0.25, 0.3) is 5.91 Å². The van der Waals surface area contributed by atoms with E-state index in [1.807, 2.05) is 0 Å². The molecule has 1 aromatic rings. The number of methoxy groups -OCH3 is 1. The molecule has 0 aliphatic rings. The van der Waals surface area contributed by atoms with Crippen molar-refractivity contribution in [3.8, 4) is 0 Å². The van der Waals surface area contributed by atoms with Crippen molar-refractivity contribution in [2.24, 2.45) is 7.05 Å². The highest BCUT2D eigenvalue weighted by atomic mass is 16.5. The molecule has 2 N–H and O–H groups in total. The van der Waals surface area contributed by atoms with Crippen LogP contribution < -0.4 is 5.32 Å². The first kappa shape index (κ1) is 13.2. The highest BCUT2D eigenvalue weighted by Crippen LogP contribution is 2.01. The van der Waals surface area contributed by atoms with E-state index in [1.165, 1.54) is 7.11 Å². The maximum Gasteiger partial charge on any atom is 0.326 e. The molecule has 1 amide bonds. The van der Waals surface area contributed by atoms with E-state index in [0.29, 0.717) is 5.69 Å². The maximum absolute atomic E-state index is 11.8. The van der Waals surface area contributed by atoms with Gasteiger partial charge in [-0.2, -0.15) is 0 Å². The fourth-order valence-electron chi connectivity index (χ4n) is 1.42. The van der Waals surface area contributed by atoms with Crippen LogP contribution in [0.4, 0.5) is 0 Å². The van der Waals surface area contributed by atoms with Crippen LogP contribution in [0.1, 0.15) is 16.9 Å². The molecule has 0 saturated carbocycles. The normalized spacial score (nSPS) is 12.1. The fraction of sp³-hybridized carbons (Fsp3) is 0.455. The largest absolute Gasteiger partial charge is 0.480 e. The fourth-order valence-corrected chi connectivity index (χ4v) is 1.42. The topological polar surface area (TPSA) is 80.6 Å². The summed E-state index contributed by atoms with van der Waals surface area (Å²) in [5, 5.41) is 11.4. The molecule has 94 valence electrons. The molecule has 0 saturated heterocycles. The van der Waals surface area contributed by atoms with Gasteiger partial charge in [0.15, 0.2) is 0 Å². The van der Waals surface area contributed by atoms with Crippen LogP contribution >= 0.6 is 0 Å². The minimum absolute atomic E-state index is 0.238. The number of carboxylic acids is 1. The van der Waals surface area contributed by atoms with Gasteiger partial charge in [0.2, 0.25) is 0 Å². The maximum atomic E-state index is 11.8. The molecular formula is C11H16N2O4. The quantitative estimate of drug-likeness (QED) is 0.746. The predicted molar refractivity (Wildman–Crippen MR) is 60.8 cm³/mol. The molecule has 1 aromatic heterocycles. The number of nitrogens with one attached hydrogen (secondary N) is 1. The van der Waals surface area contributed by atoms with Gasteiger partial charge >= 0.3 is 5.97 Å². The van der Waals surface area contributed by atoms with E-state index < -0.39 is 17.9 Å². The lowest BCUT2D eigenvalue weighted by Crippen LogP contribution is -2.42. The van der Waals surface area contributed by atoms with E-state index in [1.54, 1.807) is 29.9 Å². The molecule has 0 aliphatic carbocycles. The Labute approximate surface area is 99.2 Å². The van der Waals surface area contributed by atoms with Gasteiger partial charge in [-0.05, 0) is 12.1 Å². The van der Waals surface area contributed by atoms with Crippen molar-refractivity contribution in [3.63, 3.8) is 0 Å². The Morgan fingerprint density at radius 1 is 1.59 bits per heavy atom. The van der Waals surface area contributed by atoms with Crippen molar-refractivity contribution in [3.05, 3.63) is 24.0 Å². The number of hydrogen-bond acceptors (Lipinski definition) is 3. The average molecular weight is 240 g/mol. The number of nitrogens with zero attached hydrogens (tertiary/aromatic N) is 1. The zero-order valence-corrected chi connectivity index (χ0v) is 9.84. The number of amides is 1. The Kier molecular flexibility index (Phi) is 4.71. The molecule has 1 unspecified atom stereocenters. The Bertz CT molecular complexity index is 400. The summed E-state index contributed by atoms with van der Waals surface area (Å²) in [7, 11) is 3.21. The number of hydrogen-bond donors (Lipinski definition) is 2. The minimum atomic E-state index is -1.07. The highest BCUT2D eigenvalue weighted by Gasteiger charge is 2.21. The van der Waals surface area contributed by atoms with Crippen molar-refractivity contribution in [1.82, 2.24) is 9.88 Å². The molecule has 1 heterocycles. The third-order valence-electron chi connectivity index (χ3n) is 2.39. The second kappa shape index (κ2) is 6.05. The van der Waals surface area contributed by atoms with Gasteiger partial charge in [0.1, 0.15) is 11.7 Å². The zero-order chi connectivity index (χ0) is 12.8. The molecule has 1 rings (SSSR count). The van der Waals surface area contributed by atoms with Crippen molar-refractivity contribution < 1.29 is 19.4 Å². The molecule has 17 heavy (non-hydrogen) atoms. The van der Waals surface area contributed by atoms with Crippen LogP contribution in [0.25, 0.3) is 0 Å². The van der Waals surface area contributed by atoms with Gasteiger partial charge in [0.05, 0.1) is 0 Å². The number of carbonyl (C=O) groups excluding carboxylic acids is 1. The summed E-state index contributed by atoms with van der Waals surface area (Å²) >= 11 is 0. The van der Waals surface area contributed by atoms with Gasteiger partial charge in [-0.15, -0.1) is 0 Å². The van der Waals surface area contributed by atoms with Crippen molar-refractivity contribution in [2.75, 3.05) is 13.7 Å². The second-order valence-electron chi connectivity index (χ2n) is 3.65. The Morgan fingerprint density at radius 3 is 2.76 bits per heavy atom. The van der Waals surface area contributed by atoms with Crippen LogP contribution in [0, 0.1) is 0 Å². The standard InChI is InChI=1S/C11H16N2O4/c1-13-6-3-4-9(13)10(14)12-8(11(15)16)5-7-17-2/h3-4,6,8H,5,7H2,1-2H3,(H,12,14)(H,15,16). The SMILES string of the molecule is COCCC(NC(=O)c1cccn1C)C(=O)O. The number of carbonyl (C=O) groups is 2. The van der Waals surface area contributed by atoms with E-state index in [0.717, 1.165) is 0 Å². The van der Waals surface area contributed by atoms with Crippen molar-refractivity contribution >= 4 is 11.9 Å². The summed E-state index contributed by atoms with van der Waals surface area (Å²) in [5.41, 5.74) is 0.425. The first-order valence-corrected chi connectivity index (χ1v) is 5.20. The number of aromatic nitrogens is 1. The Hall–Kier alpha value is -1.82. The van der Waals surface area contributed by atoms with E-state index >= 15 is 0 Å². The van der Waals surface area contributed by atoms with Gasteiger partial charge < -0.3 is 19.7 Å². The van der Waals surface area contributed by atoms with Crippen LogP contribution in [0.3, 0.4) is 0 Å². The molecule has 0 aliphatic heterocycles. The summed E-state index contributed by atoms with van der Waals surface area (Å²) in [6, 6.07) is 2.42. The van der Waals surface area contributed by atoms with Crippen molar-refractivity contribution in [2.45, 2.75) is 12.5 Å². The third kappa shape index (κ3) is 3.60. The molecule has 0 fully saturated rings. The summed E-state index contributed by atoms with van der Waals surface area (Å²) in [5.74, 6) is -1.47. The number of ether oxygens (including phenoxy) is 1. The van der Waals surface area contributed by atoms with E-state index in [-0.39, 0.29) is 13.0 Å². The van der Waals surface area contributed by atoms with E-state index in [2.05, 4.69) is 5.32 Å². The van der Waals surface area contributed by atoms with E-state index in [4.69, 9.17) is 9.84 Å². The summed E-state index contributed by atoms with van der Waals surface area (Å²) < 4.78 is 6.43. The summed E-state index contributed by atoms with van der Waals surface area (Å²) in [4.78, 5) is 22.7. The molecule has 1 atom stereocenters.